The maximum Gasteiger partial charge on any atom is 0.379 e. The van der Waals surface area contributed by atoms with Crippen molar-refractivity contribution >= 4 is 7.60 Å². The van der Waals surface area contributed by atoms with Crippen LogP contribution >= 0.6 is 7.60 Å². The number of para-hydroxylation sites is 1. The van der Waals surface area contributed by atoms with E-state index in [1.54, 1.807) is 0 Å². The lowest BCUT2D eigenvalue weighted by Gasteiger charge is -2.19. The van der Waals surface area contributed by atoms with Crippen molar-refractivity contribution < 1.29 is 13.6 Å². The van der Waals surface area contributed by atoms with Gasteiger partial charge in [-0.05, 0) is 37.3 Å². The van der Waals surface area contributed by atoms with Crippen molar-refractivity contribution in [2.24, 2.45) is 5.92 Å². The molecular formula is C16H27O3P. The zero-order valence-electron chi connectivity index (χ0n) is 12.9. The van der Waals surface area contributed by atoms with E-state index in [0.717, 1.165) is 25.7 Å². The molecule has 0 saturated heterocycles. The lowest BCUT2D eigenvalue weighted by Crippen LogP contribution is -2.04. The largest absolute Gasteiger partial charge is 0.424 e. The lowest BCUT2D eigenvalue weighted by atomic mass is 10.1. The first kappa shape index (κ1) is 17.3. The Morgan fingerprint density at radius 2 is 1.85 bits per heavy atom. The molecule has 0 aliphatic heterocycles. The fourth-order valence-electron chi connectivity index (χ4n) is 1.83. The van der Waals surface area contributed by atoms with Gasteiger partial charge >= 0.3 is 7.60 Å². The quantitative estimate of drug-likeness (QED) is 0.422. The van der Waals surface area contributed by atoms with Crippen LogP contribution in [-0.4, -0.2) is 12.8 Å². The molecule has 0 aliphatic rings. The van der Waals surface area contributed by atoms with E-state index in [-0.39, 0.29) is 0 Å². The van der Waals surface area contributed by atoms with Gasteiger partial charge in [0.15, 0.2) is 0 Å². The Morgan fingerprint density at radius 1 is 1.15 bits per heavy atom. The molecule has 0 aliphatic carbocycles. The lowest BCUT2D eigenvalue weighted by molar-refractivity contribution is 0.253. The van der Waals surface area contributed by atoms with Crippen LogP contribution in [0.25, 0.3) is 0 Å². The highest BCUT2D eigenvalue weighted by molar-refractivity contribution is 7.54. The maximum atomic E-state index is 12.7. The van der Waals surface area contributed by atoms with Crippen LogP contribution in [0, 0.1) is 5.92 Å². The summed E-state index contributed by atoms with van der Waals surface area (Å²) in [5, 5.41) is 0. The molecular weight excluding hydrogens is 271 g/mol. The van der Waals surface area contributed by atoms with Crippen LogP contribution in [-0.2, 0) is 9.09 Å². The third-order valence-electron chi connectivity index (χ3n) is 2.99. The van der Waals surface area contributed by atoms with Crippen molar-refractivity contribution in [1.82, 2.24) is 0 Å². The fourth-order valence-corrected chi connectivity index (χ4v) is 3.65. The summed E-state index contributed by atoms with van der Waals surface area (Å²) in [5.74, 6) is 1.26. The number of hydrogen-bond donors (Lipinski definition) is 0. The van der Waals surface area contributed by atoms with Crippen molar-refractivity contribution in [3.05, 3.63) is 30.3 Å². The van der Waals surface area contributed by atoms with E-state index in [1.165, 1.54) is 0 Å². The predicted molar refractivity (Wildman–Crippen MR) is 84.5 cm³/mol. The molecule has 0 N–H and O–H groups in total. The summed E-state index contributed by atoms with van der Waals surface area (Å²) in [4.78, 5) is 0. The average molecular weight is 298 g/mol. The minimum absolute atomic E-state index is 0.486. The van der Waals surface area contributed by atoms with E-state index in [1.807, 2.05) is 30.3 Å². The summed E-state index contributed by atoms with van der Waals surface area (Å²) in [5.41, 5.74) is 0. The summed E-state index contributed by atoms with van der Waals surface area (Å²) in [6.07, 6.45) is 4.33. The van der Waals surface area contributed by atoms with Crippen molar-refractivity contribution in [3.63, 3.8) is 0 Å². The molecule has 20 heavy (non-hydrogen) atoms. The van der Waals surface area contributed by atoms with Crippen LogP contribution in [0.5, 0.6) is 5.75 Å². The van der Waals surface area contributed by atoms with E-state index < -0.39 is 7.60 Å². The molecule has 0 bridgehead atoms. The summed E-state index contributed by atoms with van der Waals surface area (Å²) in [6.45, 7) is 6.94. The average Bonchev–Trinajstić information content (AvgIpc) is 2.42. The van der Waals surface area contributed by atoms with Crippen LogP contribution in [0.3, 0.4) is 0 Å². The molecule has 0 aromatic heterocycles. The minimum atomic E-state index is -3.02. The summed E-state index contributed by atoms with van der Waals surface area (Å²) < 4.78 is 24.0. The molecule has 1 aromatic carbocycles. The molecule has 114 valence electrons. The molecule has 4 heteroatoms. The predicted octanol–water partition coefficient (Wildman–Crippen LogP) is 5.51. The summed E-state index contributed by atoms with van der Waals surface area (Å²) in [6, 6.07) is 9.29. The second-order valence-electron chi connectivity index (χ2n) is 5.46. The van der Waals surface area contributed by atoms with Crippen molar-refractivity contribution in [2.75, 3.05) is 12.8 Å². The molecule has 0 saturated carbocycles. The smallest absolute Gasteiger partial charge is 0.379 e. The zero-order valence-corrected chi connectivity index (χ0v) is 13.8. The van der Waals surface area contributed by atoms with Crippen molar-refractivity contribution in [2.45, 2.75) is 46.5 Å². The van der Waals surface area contributed by atoms with Gasteiger partial charge < -0.3 is 4.52 Å². The van der Waals surface area contributed by atoms with Gasteiger partial charge in [-0.3, -0.25) is 4.52 Å². The highest BCUT2D eigenvalue weighted by Gasteiger charge is 2.25. The van der Waals surface area contributed by atoms with E-state index in [2.05, 4.69) is 20.8 Å². The van der Waals surface area contributed by atoms with E-state index >= 15 is 0 Å². The molecule has 1 rings (SSSR count). The second kappa shape index (κ2) is 9.20. The summed E-state index contributed by atoms with van der Waals surface area (Å²) >= 11 is 0. The fraction of sp³-hybridized carbons (Fsp3) is 0.625. The first-order chi connectivity index (χ1) is 9.56. The van der Waals surface area contributed by atoms with Gasteiger partial charge in [0, 0.05) is 0 Å². The molecule has 0 heterocycles. The van der Waals surface area contributed by atoms with E-state index in [4.69, 9.17) is 9.05 Å². The van der Waals surface area contributed by atoms with Gasteiger partial charge in [-0.15, -0.1) is 0 Å². The molecule has 0 radical (unpaired) electrons. The first-order valence-corrected chi connectivity index (χ1v) is 9.27. The number of hydrogen-bond acceptors (Lipinski definition) is 3. The Kier molecular flexibility index (Phi) is 7.94. The van der Waals surface area contributed by atoms with Gasteiger partial charge in [0.1, 0.15) is 5.75 Å². The second-order valence-corrected chi connectivity index (χ2v) is 7.57. The van der Waals surface area contributed by atoms with E-state index in [0.29, 0.717) is 24.4 Å². The van der Waals surface area contributed by atoms with Gasteiger partial charge in [0.05, 0.1) is 12.8 Å². The monoisotopic (exact) mass is 298 g/mol. The van der Waals surface area contributed by atoms with Gasteiger partial charge in [-0.25, -0.2) is 4.57 Å². The van der Waals surface area contributed by atoms with Crippen LogP contribution in [0.2, 0.25) is 0 Å². The van der Waals surface area contributed by atoms with Crippen LogP contribution < -0.4 is 4.52 Å². The Morgan fingerprint density at radius 3 is 2.45 bits per heavy atom. The molecule has 1 aromatic rings. The zero-order chi connectivity index (χ0) is 14.8. The highest BCUT2D eigenvalue weighted by Crippen LogP contribution is 2.49. The SMILES string of the molecule is CCCCP(=O)(OCCCC(C)C)Oc1ccccc1. The van der Waals surface area contributed by atoms with Crippen molar-refractivity contribution in [1.29, 1.82) is 0 Å². The molecule has 1 atom stereocenters. The maximum absolute atomic E-state index is 12.7. The van der Waals surface area contributed by atoms with Crippen LogP contribution in [0.4, 0.5) is 0 Å². The Hall–Kier alpha value is -0.790. The summed E-state index contributed by atoms with van der Waals surface area (Å²) in [7, 11) is -3.02. The first-order valence-electron chi connectivity index (χ1n) is 7.54. The van der Waals surface area contributed by atoms with Crippen LogP contribution in [0.1, 0.15) is 46.5 Å². The number of benzene rings is 1. The standard InChI is InChI=1S/C16H27O3P/c1-4-5-14-20(17,18-13-9-10-15(2)3)19-16-11-7-6-8-12-16/h6-8,11-12,15H,4-5,9-10,13-14H2,1-3H3. The third kappa shape index (κ3) is 7.12. The van der Waals surface area contributed by atoms with Gasteiger partial charge in [0.25, 0.3) is 0 Å². The Balaban J connectivity index is 2.54. The third-order valence-corrected chi connectivity index (χ3v) is 4.92. The highest BCUT2D eigenvalue weighted by atomic mass is 31.2. The van der Waals surface area contributed by atoms with Gasteiger partial charge in [-0.1, -0.05) is 45.4 Å². The molecule has 0 amide bonds. The van der Waals surface area contributed by atoms with E-state index in [9.17, 15) is 4.57 Å². The molecule has 3 nitrogen and oxygen atoms in total. The number of rotatable bonds is 10. The Labute approximate surface area is 123 Å². The molecule has 1 unspecified atom stereocenters. The molecule has 0 spiro atoms. The minimum Gasteiger partial charge on any atom is -0.424 e. The van der Waals surface area contributed by atoms with Gasteiger partial charge in [0.2, 0.25) is 0 Å². The normalized spacial score (nSPS) is 14.2. The Bertz CT molecular complexity index is 403. The van der Waals surface area contributed by atoms with Crippen LogP contribution in [0.15, 0.2) is 30.3 Å². The topological polar surface area (TPSA) is 35.5 Å². The molecule has 0 fully saturated rings. The van der Waals surface area contributed by atoms with Crippen molar-refractivity contribution in [3.8, 4) is 5.75 Å². The number of unbranched alkanes of at least 4 members (excludes halogenated alkanes) is 1. The van der Waals surface area contributed by atoms with Gasteiger partial charge in [-0.2, -0.15) is 0 Å².